The first-order valence-electron chi connectivity index (χ1n) is 7.32. The summed E-state index contributed by atoms with van der Waals surface area (Å²) in [5.41, 5.74) is 2.41. The van der Waals surface area contributed by atoms with Crippen molar-refractivity contribution in [1.29, 1.82) is 0 Å². The van der Waals surface area contributed by atoms with Crippen molar-refractivity contribution in [3.05, 3.63) is 29.6 Å². The van der Waals surface area contributed by atoms with Crippen LogP contribution in [0.25, 0.3) is 0 Å². The van der Waals surface area contributed by atoms with E-state index in [4.69, 9.17) is 0 Å². The molecule has 0 bridgehead atoms. The van der Waals surface area contributed by atoms with Crippen LogP contribution in [0, 0.1) is 11.8 Å². The zero-order chi connectivity index (χ0) is 14.3. The first-order valence-corrected chi connectivity index (χ1v) is 7.32. The van der Waals surface area contributed by atoms with Crippen molar-refractivity contribution in [2.75, 3.05) is 20.1 Å². The lowest BCUT2D eigenvalue weighted by Gasteiger charge is -2.25. The molecule has 0 aliphatic rings. The molecular weight excluding hydrogens is 234 g/mol. The largest absolute Gasteiger partial charge is 0.316 e. The number of nitrogens with zero attached hydrogens (tertiary/aromatic N) is 2. The van der Waals surface area contributed by atoms with Crippen LogP contribution >= 0.6 is 0 Å². The fraction of sp³-hybridized carbons (Fsp3) is 0.688. The molecule has 108 valence electrons. The summed E-state index contributed by atoms with van der Waals surface area (Å²) >= 11 is 0. The summed E-state index contributed by atoms with van der Waals surface area (Å²) < 4.78 is 0. The molecule has 0 aromatic carbocycles. The van der Waals surface area contributed by atoms with Gasteiger partial charge in [-0.25, -0.2) is 0 Å². The molecular formula is C16H29N3. The molecule has 0 saturated carbocycles. The summed E-state index contributed by atoms with van der Waals surface area (Å²) in [6, 6.07) is 4.32. The molecule has 3 nitrogen and oxygen atoms in total. The Labute approximate surface area is 118 Å². The summed E-state index contributed by atoms with van der Waals surface area (Å²) in [5, 5.41) is 3.15. The van der Waals surface area contributed by atoms with E-state index in [1.165, 1.54) is 11.3 Å². The van der Waals surface area contributed by atoms with E-state index in [0.29, 0.717) is 11.8 Å². The second-order valence-corrected chi connectivity index (χ2v) is 6.17. The summed E-state index contributed by atoms with van der Waals surface area (Å²) in [6.45, 7) is 13.2. The molecule has 1 heterocycles. The predicted molar refractivity (Wildman–Crippen MR) is 82.0 cm³/mol. The number of hydrogen-bond donors (Lipinski definition) is 1. The Hall–Kier alpha value is -0.930. The molecule has 1 aromatic heterocycles. The van der Waals surface area contributed by atoms with Gasteiger partial charge in [0.25, 0.3) is 0 Å². The maximum atomic E-state index is 4.57. The van der Waals surface area contributed by atoms with E-state index in [1.807, 2.05) is 13.2 Å². The lowest BCUT2D eigenvalue weighted by atomic mass is 10.1. The summed E-state index contributed by atoms with van der Waals surface area (Å²) in [5.74, 6) is 1.39. The Balaban J connectivity index is 2.61. The van der Waals surface area contributed by atoms with Crippen LogP contribution < -0.4 is 5.32 Å². The number of aromatic nitrogens is 1. The fourth-order valence-corrected chi connectivity index (χ4v) is 2.32. The highest BCUT2D eigenvalue weighted by Crippen LogP contribution is 2.09. The topological polar surface area (TPSA) is 28.2 Å². The molecule has 3 heteroatoms. The van der Waals surface area contributed by atoms with Crippen molar-refractivity contribution >= 4 is 0 Å². The Morgan fingerprint density at radius 1 is 1.11 bits per heavy atom. The summed E-state index contributed by atoms with van der Waals surface area (Å²) in [7, 11) is 1.96. The summed E-state index contributed by atoms with van der Waals surface area (Å²) in [6.07, 6.45) is 1.98. The zero-order valence-electron chi connectivity index (χ0n) is 13.1. The predicted octanol–water partition coefficient (Wildman–Crippen LogP) is 2.92. The number of nitrogens with one attached hydrogen (secondary N) is 1. The van der Waals surface area contributed by atoms with Crippen molar-refractivity contribution in [3.8, 4) is 0 Å². The molecule has 0 spiro atoms. The smallest absolute Gasteiger partial charge is 0.0544 e. The zero-order valence-corrected chi connectivity index (χ0v) is 13.1. The van der Waals surface area contributed by atoms with Crippen molar-refractivity contribution in [1.82, 2.24) is 15.2 Å². The van der Waals surface area contributed by atoms with E-state index in [2.05, 4.69) is 55.0 Å². The van der Waals surface area contributed by atoms with Crippen molar-refractivity contribution < 1.29 is 0 Å². The molecule has 0 aliphatic carbocycles. The van der Waals surface area contributed by atoms with E-state index < -0.39 is 0 Å². The Bertz CT molecular complexity index is 334. The average Bonchev–Trinajstić information content (AvgIpc) is 2.30. The molecule has 0 atom stereocenters. The molecule has 0 unspecified atom stereocenters. The minimum absolute atomic E-state index is 0.697. The minimum Gasteiger partial charge on any atom is -0.316 e. The molecule has 1 N–H and O–H groups in total. The quantitative estimate of drug-likeness (QED) is 0.781. The molecule has 0 amide bonds. The monoisotopic (exact) mass is 263 g/mol. The second-order valence-electron chi connectivity index (χ2n) is 6.17. The first kappa shape index (κ1) is 16.1. The van der Waals surface area contributed by atoms with E-state index in [9.17, 15) is 0 Å². The summed E-state index contributed by atoms with van der Waals surface area (Å²) in [4.78, 5) is 7.08. The maximum Gasteiger partial charge on any atom is 0.0544 e. The van der Waals surface area contributed by atoms with Gasteiger partial charge in [0, 0.05) is 32.4 Å². The van der Waals surface area contributed by atoms with Gasteiger partial charge in [0.1, 0.15) is 0 Å². The van der Waals surface area contributed by atoms with Gasteiger partial charge in [0.15, 0.2) is 0 Å². The van der Waals surface area contributed by atoms with Gasteiger partial charge >= 0.3 is 0 Å². The van der Waals surface area contributed by atoms with E-state index >= 15 is 0 Å². The Morgan fingerprint density at radius 2 is 1.74 bits per heavy atom. The molecule has 0 saturated heterocycles. The van der Waals surface area contributed by atoms with Crippen LogP contribution in [0.4, 0.5) is 0 Å². The van der Waals surface area contributed by atoms with Crippen LogP contribution in [0.5, 0.6) is 0 Å². The third-order valence-electron chi connectivity index (χ3n) is 2.90. The van der Waals surface area contributed by atoms with Crippen molar-refractivity contribution in [2.45, 2.75) is 40.8 Å². The third-order valence-corrected chi connectivity index (χ3v) is 2.90. The standard InChI is InChI=1S/C16H29N3/c1-13(2)10-19(11-14(3)4)12-16-7-6-15(8-17-5)9-18-16/h6-7,9,13-14,17H,8,10-12H2,1-5H3. The van der Waals surface area contributed by atoms with Crippen LogP contribution in [0.3, 0.4) is 0 Å². The van der Waals surface area contributed by atoms with E-state index in [1.54, 1.807) is 0 Å². The van der Waals surface area contributed by atoms with E-state index in [-0.39, 0.29) is 0 Å². The highest BCUT2D eigenvalue weighted by atomic mass is 15.1. The van der Waals surface area contributed by atoms with Crippen molar-refractivity contribution in [2.24, 2.45) is 11.8 Å². The van der Waals surface area contributed by atoms with E-state index in [0.717, 1.165) is 26.2 Å². The third kappa shape index (κ3) is 6.69. The average molecular weight is 263 g/mol. The number of pyridine rings is 1. The first-order chi connectivity index (χ1) is 9.01. The lowest BCUT2D eigenvalue weighted by Crippen LogP contribution is -2.31. The van der Waals surface area contributed by atoms with Crippen LogP contribution in [0.2, 0.25) is 0 Å². The molecule has 1 aromatic rings. The van der Waals surface area contributed by atoms with Crippen LogP contribution in [-0.4, -0.2) is 30.0 Å². The van der Waals surface area contributed by atoms with Gasteiger partial charge < -0.3 is 5.32 Å². The highest BCUT2D eigenvalue weighted by molar-refractivity contribution is 5.13. The molecule has 19 heavy (non-hydrogen) atoms. The fourth-order valence-electron chi connectivity index (χ4n) is 2.32. The molecule has 1 rings (SSSR count). The Kier molecular flexibility index (Phi) is 7.03. The normalized spacial score (nSPS) is 11.8. The van der Waals surface area contributed by atoms with Crippen LogP contribution in [0.1, 0.15) is 39.0 Å². The van der Waals surface area contributed by atoms with Gasteiger partial charge in [0.2, 0.25) is 0 Å². The van der Waals surface area contributed by atoms with Gasteiger partial charge in [-0.2, -0.15) is 0 Å². The molecule has 0 fully saturated rings. The van der Waals surface area contributed by atoms with Gasteiger partial charge in [-0.1, -0.05) is 33.8 Å². The van der Waals surface area contributed by atoms with Gasteiger partial charge in [0.05, 0.1) is 5.69 Å². The van der Waals surface area contributed by atoms with Gasteiger partial charge in [-0.15, -0.1) is 0 Å². The van der Waals surface area contributed by atoms with Gasteiger partial charge in [-0.05, 0) is 30.5 Å². The van der Waals surface area contributed by atoms with Crippen molar-refractivity contribution in [3.63, 3.8) is 0 Å². The van der Waals surface area contributed by atoms with Crippen LogP contribution in [-0.2, 0) is 13.1 Å². The SMILES string of the molecule is CNCc1ccc(CN(CC(C)C)CC(C)C)nc1. The Morgan fingerprint density at radius 3 is 2.16 bits per heavy atom. The minimum atomic E-state index is 0.697. The van der Waals surface area contributed by atoms with Gasteiger partial charge in [-0.3, -0.25) is 9.88 Å². The number of hydrogen-bond acceptors (Lipinski definition) is 3. The lowest BCUT2D eigenvalue weighted by molar-refractivity contribution is 0.209. The molecule has 0 radical (unpaired) electrons. The second kappa shape index (κ2) is 8.28. The maximum absolute atomic E-state index is 4.57. The van der Waals surface area contributed by atoms with Crippen LogP contribution in [0.15, 0.2) is 18.3 Å². The molecule has 0 aliphatic heterocycles. The highest BCUT2D eigenvalue weighted by Gasteiger charge is 2.10. The number of rotatable bonds is 8.